The summed E-state index contributed by atoms with van der Waals surface area (Å²) in [6, 6.07) is 11.3. The Balaban J connectivity index is 1.81. The number of benzene rings is 2. The van der Waals surface area contributed by atoms with E-state index < -0.39 is 0 Å². The molecule has 4 nitrogen and oxygen atoms in total. The molecule has 0 bridgehead atoms. The van der Waals surface area contributed by atoms with E-state index in [0.29, 0.717) is 17.2 Å². The molecule has 1 aromatic heterocycles. The van der Waals surface area contributed by atoms with Crippen LogP contribution in [0.15, 0.2) is 45.3 Å². The number of rotatable bonds is 3. The number of fused-ring (bicyclic) bond motifs is 1. The largest absolute Gasteiger partial charge is 0.484 e. The summed E-state index contributed by atoms with van der Waals surface area (Å²) >= 11 is 3.43. The van der Waals surface area contributed by atoms with Gasteiger partial charge in [-0.3, -0.25) is 0 Å². The number of anilines is 1. The van der Waals surface area contributed by atoms with Crippen LogP contribution in [-0.4, -0.2) is 4.98 Å². The molecule has 0 saturated carbocycles. The number of hydrogen-bond acceptors (Lipinski definition) is 4. The van der Waals surface area contributed by atoms with Crippen LogP contribution in [0.2, 0.25) is 0 Å². The van der Waals surface area contributed by atoms with Crippen LogP contribution in [0.5, 0.6) is 5.75 Å². The summed E-state index contributed by atoms with van der Waals surface area (Å²) in [5, 5.41) is 0. The minimum atomic E-state index is 0.284. The standard InChI is InChI=1S/C15H13BrN2O2/c1-9-2-3-10(16)6-14(9)19-8-15-18-12-7-11(17)4-5-13(12)20-15/h2-7H,8,17H2,1H3. The molecule has 5 heteroatoms. The van der Waals surface area contributed by atoms with E-state index in [-0.39, 0.29) is 6.61 Å². The number of oxazole rings is 1. The van der Waals surface area contributed by atoms with Gasteiger partial charge in [-0.15, -0.1) is 0 Å². The zero-order valence-corrected chi connectivity index (χ0v) is 12.5. The minimum Gasteiger partial charge on any atom is -0.484 e. The molecule has 0 amide bonds. The molecule has 2 aromatic carbocycles. The third kappa shape index (κ3) is 2.63. The molecule has 20 heavy (non-hydrogen) atoms. The Morgan fingerprint density at radius 2 is 2.10 bits per heavy atom. The topological polar surface area (TPSA) is 61.3 Å². The smallest absolute Gasteiger partial charge is 0.233 e. The van der Waals surface area contributed by atoms with Crippen molar-refractivity contribution in [3.05, 3.63) is 52.3 Å². The second-order valence-electron chi connectivity index (χ2n) is 4.53. The predicted molar refractivity (Wildman–Crippen MR) is 81.6 cm³/mol. The summed E-state index contributed by atoms with van der Waals surface area (Å²) in [5.74, 6) is 1.34. The summed E-state index contributed by atoms with van der Waals surface area (Å²) in [6.45, 7) is 2.28. The van der Waals surface area contributed by atoms with Crippen molar-refractivity contribution in [1.82, 2.24) is 4.98 Å². The lowest BCUT2D eigenvalue weighted by atomic mass is 10.2. The first kappa shape index (κ1) is 13.0. The van der Waals surface area contributed by atoms with Crippen LogP contribution in [-0.2, 0) is 6.61 Å². The van der Waals surface area contributed by atoms with Gasteiger partial charge in [-0.2, -0.15) is 0 Å². The molecular weight excluding hydrogens is 320 g/mol. The summed E-state index contributed by atoms with van der Waals surface area (Å²) < 4.78 is 12.3. The van der Waals surface area contributed by atoms with E-state index in [2.05, 4.69) is 20.9 Å². The quantitative estimate of drug-likeness (QED) is 0.734. The monoisotopic (exact) mass is 332 g/mol. The lowest BCUT2D eigenvalue weighted by Gasteiger charge is -2.07. The molecule has 0 spiro atoms. The third-order valence-electron chi connectivity index (χ3n) is 2.96. The number of halogens is 1. The molecule has 3 rings (SSSR count). The van der Waals surface area contributed by atoms with E-state index in [1.807, 2.05) is 31.2 Å². The van der Waals surface area contributed by atoms with Gasteiger partial charge in [0.1, 0.15) is 11.3 Å². The van der Waals surface area contributed by atoms with Crippen LogP contribution in [0.1, 0.15) is 11.5 Å². The zero-order valence-electron chi connectivity index (χ0n) is 10.9. The fourth-order valence-electron chi connectivity index (χ4n) is 1.92. The fraction of sp³-hybridized carbons (Fsp3) is 0.133. The average Bonchev–Trinajstić information content (AvgIpc) is 2.81. The molecule has 0 atom stereocenters. The highest BCUT2D eigenvalue weighted by molar-refractivity contribution is 9.10. The van der Waals surface area contributed by atoms with Crippen molar-refractivity contribution in [1.29, 1.82) is 0 Å². The highest BCUT2D eigenvalue weighted by Gasteiger charge is 2.08. The lowest BCUT2D eigenvalue weighted by molar-refractivity contribution is 0.265. The Labute approximate surface area is 124 Å². The number of nitrogens with two attached hydrogens (primary N) is 1. The van der Waals surface area contributed by atoms with Crippen LogP contribution in [0, 0.1) is 6.92 Å². The van der Waals surface area contributed by atoms with Crippen LogP contribution in [0.4, 0.5) is 5.69 Å². The normalized spacial score (nSPS) is 10.9. The van der Waals surface area contributed by atoms with Crippen LogP contribution in [0.25, 0.3) is 11.1 Å². The van der Waals surface area contributed by atoms with Gasteiger partial charge in [-0.05, 0) is 42.8 Å². The molecule has 0 aliphatic rings. The molecule has 2 N–H and O–H groups in total. The van der Waals surface area contributed by atoms with E-state index in [9.17, 15) is 0 Å². The van der Waals surface area contributed by atoms with Gasteiger partial charge in [0.25, 0.3) is 0 Å². The van der Waals surface area contributed by atoms with Crippen molar-refractivity contribution in [2.45, 2.75) is 13.5 Å². The van der Waals surface area contributed by atoms with Crippen molar-refractivity contribution in [2.75, 3.05) is 5.73 Å². The van der Waals surface area contributed by atoms with Gasteiger partial charge < -0.3 is 14.9 Å². The maximum Gasteiger partial charge on any atom is 0.233 e. The summed E-state index contributed by atoms with van der Waals surface area (Å²) in [5.41, 5.74) is 8.90. The number of nitrogen functional groups attached to an aromatic ring is 1. The summed E-state index contributed by atoms with van der Waals surface area (Å²) in [4.78, 5) is 4.36. The Bertz CT molecular complexity index is 768. The van der Waals surface area contributed by atoms with Crippen molar-refractivity contribution in [3.8, 4) is 5.75 Å². The highest BCUT2D eigenvalue weighted by atomic mass is 79.9. The van der Waals surface area contributed by atoms with Gasteiger partial charge in [0.2, 0.25) is 5.89 Å². The van der Waals surface area contributed by atoms with Crippen LogP contribution >= 0.6 is 15.9 Å². The van der Waals surface area contributed by atoms with Crippen molar-refractivity contribution in [3.63, 3.8) is 0 Å². The molecular formula is C15H13BrN2O2. The molecule has 0 saturated heterocycles. The van der Waals surface area contributed by atoms with Gasteiger partial charge in [0.05, 0.1) is 0 Å². The zero-order chi connectivity index (χ0) is 14.1. The van der Waals surface area contributed by atoms with Crippen molar-refractivity contribution in [2.24, 2.45) is 0 Å². The first-order valence-corrected chi connectivity index (χ1v) is 6.95. The van der Waals surface area contributed by atoms with Crippen LogP contribution < -0.4 is 10.5 Å². The first-order valence-electron chi connectivity index (χ1n) is 6.16. The lowest BCUT2D eigenvalue weighted by Crippen LogP contribution is -1.97. The van der Waals surface area contributed by atoms with E-state index >= 15 is 0 Å². The molecule has 0 aliphatic heterocycles. The van der Waals surface area contributed by atoms with Gasteiger partial charge >= 0.3 is 0 Å². The van der Waals surface area contributed by atoms with Crippen molar-refractivity contribution < 1.29 is 9.15 Å². The number of hydrogen-bond donors (Lipinski definition) is 1. The Morgan fingerprint density at radius 1 is 1.25 bits per heavy atom. The SMILES string of the molecule is Cc1ccc(Br)cc1OCc1nc2cc(N)ccc2o1. The average molecular weight is 333 g/mol. The molecule has 0 fully saturated rings. The second kappa shape index (κ2) is 5.17. The van der Waals surface area contributed by atoms with E-state index in [1.54, 1.807) is 12.1 Å². The summed E-state index contributed by atoms with van der Waals surface area (Å²) in [7, 11) is 0. The van der Waals surface area contributed by atoms with Crippen LogP contribution in [0.3, 0.4) is 0 Å². The molecule has 3 aromatic rings. The fourth-order valence-corrected chi connectivity index (χ4v) is 2.26. The number of ether oxygens (including phenoxy) is 1. The van der Waals surface area contributed by atoms with Gasteiger partial charge in [0, 0.05) is 10.2 Å². The second-order valence-corrected chi connectivity index (χ2v) is 5.45. The van der Waals surface area contributed by atoms with E-state index in [1.165, 1.54) is 0 Å². The number of aromatic nitrogens is 1. The Morgan fingerprint density at radius 3 is 2.95 bits per heavy atom. The van der Waals surface area contributed by atoms with Crippen molar-refractivity contribution >= 4 is 32.7 Å². The highest BCUT2D eigenvalue weighted by Crippen LogP contribution is 2.24. The number of aryl methyl sites for hydroxylation is 1. The summed E-state index contributed by atoms with van der Waals surface area (Å²) in [6.07, 6.45) is 0. The maximum absolute atomic E-state index is 5.75. The Kier molecular flexibility index (Phi) is 3.36. The predicted octanol–water partition coefficient (Wildman–Crippen LogP) is 4.06. The Hall–Kier alpha value is -2.01. The maximum atomic E-state index is 5.75. The molecule has 0 radical (unpaired) electrons. The number of nitrogens with zero attached hydrogens (tertiary/aromatic N) is 1. The van der Waals surface area contributed by atoms with Gasteiger partial charge in [-0.1, -0.05) is 22.0 Å². The van der Waals surface area contributed by atoms with Gasteiger partial charge in [-0.25, -0.2) is 4.98 Å². The minimum absolute atomic E-state index is 0.284. The third-order valence-corrected chi connectivity index (χ3v) is 3.45. The molecule has 102 valence electrons. The first-order chi connectivity index (χ1) is 9.61. The van der Waals surface area contributed by atoms with Gasteiger partial charge in [0.15, 0.2) is 12.2 Å². The van der Waals surface area contributed by atoms with E-state index in [0.717, 1.165) is 21.3 Å². The van der Waals surface area contributed by atoms with E-state index in [4.69, 9.17) is 14.9 Å². The molecule has 1 heterocycles. The molecule has 0 aliphatic carbocycles. The molecule has 0 unspecified atom stereocenters.